The molecule has 3 heterocycles. The summed E-state index contributed by atoms with van der Waals surface area (Å²) in [5.74, 6) is 0.666. The standard InChI is InChI=1S/C48H29N3S/c1-2-12-31(13-3-1)47-39-18-6-8-19-41(39)49-48(50-47)51-42-25-23-34(28-40(42)46-36-16-5-4-11-30(36)22-26-43(46)51)32-14-10-15-33(27-32)35-21-24-38-37-17-7-9-20-44(37)52-45(38)29-35/h1-29H. The Morgan fingerprint density at radius 3 is 1.92 bits per heavy atom. The van der Waals surface area contributed by atoms with E-state index in [0.29, 0.717) is 5.95 Å². The molecule has 0 atom stereocenters. The number of benzene rings is 8. The van der Waals surface area contributed by atoms with Crippen molar-refractivity contribution in [2.75, 3.05) is 0 Å². The van der Waals surface area contributed by atoms with E-state index in [1.54, 1.807) is 0 Å². The fourth-order valence-corrected chi connectivity index (χ4v) is 9.10. The molecule has 52 heavy (non-hydrogen) atoms. The number of aromatic nitrogens is 3. The van der Waals surface area contributed by atoms with Crippen LogP contribution in [0, 0.1) is 0 Å². The van der Waals surface area contributed by atoms with Gasteiger partial charge < -0.3 is 0 Å². The van der Waals surface area contributed by atoms with Gasteiger partial charge in [-0.2, -0.15) is 0 Å². The number of para-hydroxylation sites is 1. The van der Waals surface area contributed by atoms with E-state index in [4.69, 9.17) is 9.97 Å². The number of nitrogens with zero attached hydrogens (tertiary/aromatic N) is 3. The summed E-state index contributed by atoms with van der Waals surface area (Å²) in [4.78, 5) is 10.5. The molecule has 0 saturated carbocycles. The molecule has 4 heteroatoms. The number of hydrogen-bond donors (Lipinski definition) is 0. The van der Waals surface area contributed by atoms with Crippen molar-refractivity contribution in [3.05, 3.63) is 176 Å². The first-order valence-corrected chi connectivity index (χ1v) is 18.4. The third kappa shape index (κ3) is 4.51. The van der Waals surface area contributed by atoms with Crippen LogP contribution in [0.5, 0.6) is 0 Å². The van der Waals surface area contributed by atoms with Crippen LogP contribution in [-0.4, -0.2) is 14.5 Å². The predicted molar refractivity (Wildman–Crippen MR) is 221 cm³/mol. The van der Waals surface area contributed by atoms with Crippen LogP contribution in [0.3, 0.4) is 0 Å². The van der Waals surface area contributed by atoms with Crippen molar-refractivity contribution >= 4 is 75.0 Å². The highest BCUT2D eigenvalue weighted by molar-refractivity contribution is 7.25. The van der Waals surface area contributed by atoms with Crippen molar-refractivity contribution < 1.29 is 0 Å². The first-order valence-electron chi connectivity index (χ1n) is 17.6. The second kappa shape index (κ2) is 11.5. The van der Waals surface area contributed by atoms with Gasteiger partial charge in [0, 0.05) is 41.9 Å². The maximum absolute atomic E-state index is 5.31. The zero-order chi connectivity index (χ0) is 34.2. The highest BCUT2D eigenvalue weighted by atomic mass is 32.1. The molecule has 11 aromatic rings. The minimum absolute atomic E-state index is 0.666. The smallest absolute Gasteiger partial charge is 0.235 e. The molecule has 11 rings (SSSR count). The molecule has 8 aromatic carbocycles. The molecule has 0 radical (unpaired) electrons. The molecule has 0 unspecified atom stereocenters. The van der Waals surface area contributed by atoms with E-state index in [1.807, 2.05) is 23.5 Å². The highest BCUT2D eigenvalue weighted by Gasteiger charge is 2.19. The number of thiophene rings is 1. The Kier molecular flexibility index (Phi) is 6.42. The molecule has 3 aromatic heterocycles. The number of hydrogen-bond acceptors (Lipinski definition) is 3. The van der Waals surface area contributed by atoms with Gasteiger partial charge in [-0.05, 0) is 75.5 Å². The summed E-state index contributed by atoms with van der Waals surface area (Å²) in [5, 5.41) is 8.50. The lowest BCUT2D eigenvalue weighted by Gasteiger charge is -2.12. The zero-order valence-electron chi connectivity index (χ0n) is 28.0. The van der Waals surface area contributed by atoms with Crippen molar-refractivity contribution in [1.82, 2.24) is 14.5 Å². The summed E-state index contributed by atoms with van der Waals surface area (Å²) >= 11 is 1.86. The first kappa shape index (κ1) is 29.1. The van der Waals surface area contributed by atoms with Gasteiger partial charge in [0.25, 0.3) is 0 Å². The molecule has 0 amide bonds. The number of fused-ring (bicyclic) bond motifs is 9. The zero-order valence-corrected chi connectivity index (χ0v) is 28.8. The van der Waals surface area contributed by atoms with Gasteiger partial charge in [0.05, 0.1) is 22.2 Å². The van der Waals surface area contributed by atoms with Gasteiger partial charge in [0.1, 0.15) is 0 Å². The van der Waals surface area contributed by atoms with Crippen LogP contribution in [0.2, 0.25) is 0 Å². The highest BCUT2D eigenvalue weighted by Crippen LogP contribution is 2.41. The molecule has 0 aliphatic rings. The molecule has 0 fully saturated rings. The van der Waals surface area contributed by atoms with E-state index in [1.165, 1.54) is 64.0 Å². The lowest BCUT2D eigenvalue weighted by molar-refractivity contribution is 1.01. The quantitative estimate of drug-likeness (QED) is 0.185. The fourth-order valence-electron chi connectivity index (χ4n) is 7.95. The van der Waals surface area contributed by atoms with Crippen LogP contribution in [-0.2, 0) is 0 Å². The molecular weight excluding hydrogens is 651 g/mol. The van der Waals surface area contributed by atoms with E-state index in [-0.39, 0.29) is 0 Å². The van der Waals surface area contributed by atoms with Crippen molar-refractivity contribution in [3.8, 4) is 39.5 Å². The summed E-state index contributed by atoms with van der Waals surface area (Å²) in [6.07, 6.45) is 0. The Balaban J connectivity index is 1.12. The normalized spacial score (nSPS) is 11.8. The monoisotopic (exact) mass is 679 g/mol. The van der Waals surface area contributed by atoms with Gasteiger partial charge in [-0.1, -0.05) is 133 Å². The molecule has 0 saturated heterocycles. The fraction of sp³-hybridized carbons (Fsp3) is 0. The SMILES string of the molecule is c1ccc(-c2nc(-n3c4ccc(-c5cccc(-c6ccc7c(c6)sc6ccccc67)c5)cc4c4c5ccccc5ccc43)nc3ccccc23)cc1. The Morgan fingerprint density at radius 2 is 1.04 bits per heavy atom. The van der Waals surface area contributed by atoms with E-state index in [0.717, 1.165) is 33.2 Å². The minimum Gasteiger partial charge on any atom is -0.278 e. The third-order valence-corrected chi connectivity index (χ3v) is 11.5. The third-order valence-electron chi connectivity index (χ3n) is 10.4. The van der Waals surface area contributed by atoms with Crippen LogP contribution in [0.25, 0.3) is 103 Å². The largest absolute Gasteiger partial charge is 0.278 e. The van der Waals surface area contributed by atoms with Gasteiger partial charge in [-0.25, -0.2) is 9.97 Å². The second-order valence-corrected chi connectivity index (χ2v) is 14.5. The second-order valence-electron chi connectivity index (χ2n) is 13.4. The molecule has 0 aliphatic carbocycles. The molecule has 0 N–H and O–H groups in total. The average molecular weight is 680 g/mol. The summed E-state index contributed by atoms with van der Waals surface area (Å²) in [7, 11) is 0. The Bertz CT molecular complexity index is 3190. The molecular formula is C48H29N3S. The first-order chi connectivity index (χ1) is 25.8. The van der Waals surface area contributed by atoms with Crippen LogP contribution in [0.1, 0.15) is 0 Å². The predicted octanol–water partition coefficient (Wildman–Crippen LogP) is 13.2. The molecule has 0 spiro atoms. The summed E-state index contributed by atoms with van der Waals surface area (Å²) in [6, 6.07) is 63.2. The van der Waals surface area contributed by atoms with E-state index < -0.39 is 0 Å². The van der Waals surface area contributed by atoms with Crippen molar-refractivity contribution in [3.63, 3.8) is 0 Å². The van der Waals surface area contributed by atoms with Gasteiger partial charge in [-0.15, -0.1) is 11.3 Å². The minimum atomic E-state index is 0.666. The Hall–Kier alpha value is -6.62. The maximum atomic E-state index is 5.31. The van der Waals surface area contributed by atoms with E-state index in [9.17, 15) is 0 Å². The van der Waals surface area contributed by atoms with Crippen LogP contribution in [0.4, 0.5) is 0 Å². The van der Waals surface area contributed by atoms with Gasteiger partial charge in [0.2, 0.25) is 5.95 Å². The van der Waals surface area contributed by atoms with Crippen molar-refractivity contribution in [2.24, 2.45) is 0 Å². The van der Waals surface area contributed by atoms with Gasteiger partial charge in [-0.3, -0.25) is 4.57 Å². The maximum Gasteiger partial charge on any atom is 0.235 e. The van der Waals surface area contributed by atoms with Crippen LogP contribution >= 0.6 is 11.3 Å². The lowest BCUT2D eigenvalue weighted by atomic mass is 9.97. The summed E-state index contributed by atoms with van der Waals surface area (Å²) < 4.78 is 4.89. The topological polar surface area (TPSA) is 30.7 Å². The van der Waals surface area contributed by atoms with Crippen LogP contribution < -0.4 is 0 Å². The Labute approximate surface area is 303 Å². The molecule has 0 aliphatic heterocycles. The molecule has 0 bridgehead atoms. The van der Waals surface area contributed by atoms with E-state index >= 15 is 0 Å². The van der Waals surface area contributed by atoms with Crippen molar-refractivity contribution in [1.29, 1.82) is 0 Å². The van der Waals surface area contributed by atoms with Gasteiger partial charge in [0.15, 0.2) is 0 Å². The van der Waals surface area contributed by atoms with Crippen molar-refractivity contribution in [2.45, 2.75) is 0 Å². The van der Waals surface area contributed by atoms with E-state index in [2.05, 4.69) is 168 Å². The summed E-state index contributed by atoms with van der Waals surface area (Å²) in [5.41, 5.74) is 9.89. The summed E-state index contributed by atoms with van der Waals surface area (Å²) in [6.45, 7) is 0. The Morgan fingerprint density at radius 1 is 0.385 bits per heavy atom. The van der Waals surface area contributed by atoms with Gasteiger partial charge >= 0.3 is 0 Å². The molecule has 3 nitrogen and oxygen atoms in total. The lowest BCUT2D eigenvalue weighted by Crippen LogP contribution is -2.03. The van der Waals surface area contributed by atoms with Crippen LogP contribution in [0.15, 0.2) is 176 Å². The average Bonchev–Trinajstić information content (AvgIpc) is 3.76. The molecule has 242 valence electrons. The number of rotatable bonds is 4.